The van der Waals surface area contributed by atoms with E-state index in [2.05, 4.69) is 0 Å². The lowest BCUT2D eigenvalue weighted by molar-refractivity contribution is 0.219. The topological polar surface area (TPSA) is 29.5 Å². The van der Waals surface area contributed by atoms with Gasteiger partial charge in [-0.25, -0.2) is 13.2 Å². The van der Waals surface area contributed by atoms with Crippen molar-refractivity contribution in [3.8, 4) is 5.75 Å². The number of aliphatic hydroxyl groups excluding tert-OH is 1. The fourth-order valence-electron chi connectivity index (χ4n) is 1.78. The minimum absolute atomic E-state index is 0.0114. The Morgan fingerprint density at radius 2 is 1.70 bits per heavy atom. The van der Waals surface area contributed by atoms with Crippen molar-refractivity contribution in [2.45, 2.75) is 6.10 Å². The maximum Gasteiger partial charge on any atom is 0.165 e. The van der Waals surface area contributed by atoms with Crippen LogP contribution >= 0.6 is 11.6 Å². The molecular weight excluding hydrogens is 293 g/mol. The molecule has 0 amide bonds. The molecule has 2 rings (SSSR count). The van der Waals surface area contributed by atoms with Crippen LogP contribution in [0.4, 0.5) is 13.2 Å². The Morgan fingerprint density at radius 3 is 2.30 bits per heavy atom. The molecule has 0 aromatic heterocycles. The van der Waals surface area contributed by atoms with Crippen molar-refractivity contribution >= 4 is 11.6 Å². The van der Waals surface area contributed by atoms with Crippen LogP contribution in [0.1, 0.15) is 17.2 Å². The smallest absolute Gasteiger partial charge is 0.165 e. The summed E-state index contributed by atoms with van der Waals surface area (Å²) in [7, 11) is 1.31. The normalized spacial score (nSPS) is 12.3. The molecule has 0 spiro atoms. The summed E-state index contributed by atoms with van der Waals surface area (Å²) in [5.74, 6) is -2.93. The molecule has 1 unspecified atom stereocenters. The summed E-state index contributed by atoms with van der Waals surface area (Å²) in [6.07, 6.45) is -1.38. The van der Waals surface area contributed by atoms with Gasteiger partial charge in [0.15, 0.2) is 23.2 Å². The van der Waals surface area contributed by atoms with E-state index in [9.17, 15) is 18.3 Å². The second kappa shape index (κ2) is 5.73. The first-order valence-electron chi connectivity index (χ1n) is 5.60. The molecule has 0 aliphatic carbocycles. The van der Waals surface area contributed by atoms with E-state index < -0.39 is 23.6 Å². The van der Waals surface area contributed by atoms with Crippen LogP contribution in [0.15, 0.2) is 30.3 Å². The number of rotatable bonds is 3. The van der Waals surface area contributed by atoms with Gasteiger partial charge in [-0.2, -0.15) is 0 Å². The van der Waals surface area contributed by atoms with Gasteiger partial charge in [0.1, 0.15) is 6.10 Å². The zero-order valence-corrected chi connectivity index (χ0v) is 11.1. The number of hydrogen-bond donors (Lipinski definition) is 1. The monoisotopic (exact) mass is 302 g/mol. The number of halogens is 4. The van der Waals surface area contributed by atoms with Gasteiger partial charge in [-0.1, -0.05) is 17.7 Å². The Kier molecular flexibility index (Phi) is 4.20. The molecule has 0 saturated heterocycles. The van der Waals surface area contributed by atoms with Crippen molar-refractivity contribution in [1.82, 2.24) is 0 Å². The van der Waals surface area contributed by atoms with Crippen LogP contribution in [0.5, 0.6) is 5.75 Å². The first-order valence-corrected chi connectivity index (χ1v) is 5.97. The largest absolute Gasteiger partial charge is 0.494 e. The molecule has 0 bridgehead atoms. The fraction of sp³-hybridized carbons (Fsp3) is 0.143. The van der Waals surface area contributed by atoms with E-state index >= 15 is 0 Å². The van der Waals surface area contributed by atoms with E-state index in [1.807, 2.05) is 0 Å². The molecule has 2 aromatic rings. The molecular formula is C14H10ClF3O2. The van der Waals surface area contributed by atoms with Gasteiger partial charge in [-0.05, 0) is 29.8 Å². The summed E-state index contributed by atoms with van der Waals surface area (Å²) in [4.78, 5) is 0. The summed E-state index contributed by atoms with van der Waals surface area (Å²) in [5, 5.41) is 9.95. The number of ether oxygens (including phenoxy) is 1. The lowest BCUT2D eigenvalue weighted by Gasteiger charge is -2.14. The van der Waals surface area contributed by atoms with Gasteiger partial charge in [0, 0.05) is 10.6 Å². The molecule has 1 N–H and O–H groups in total. The summed E-state index contributed by atoms with van der Waals surface area (Å²) in [6.45, 7) is 0. The first kappa shape index (κ1) is 14.7. The van der Waals surface area contributed by atoms with E-state index in [0.717, 1.165) is 18.2 Å². The van der Waals surface area contributed by atoms with Crippen LogP contribution in [-0.4, -0.2) is 12.2 Å². The molecule has 0 radical (unpaired) electrons. The lowest BCUT2D eigenvalue weighted by Crippen LogP contribution is -2.03. The Bertz CT molecular complexity index is 647. The Labute approximate surface area is 118 Å². The highest BCUT2D eigenvalue weighted by Crippen LogP contribution is 2.31. The van der Waals surface area contributed by atoms with Crippen LogP contribution in [0, 0.1) is 17.5 Å². The molecule has 0 fully saturated rings. The maximum absolute atomic E-state index is 13.6. The van der Waals surface area contributed by atoms with Crippen molar-refractivity contribution in [2.24, 2.45) is 0 Å². The van der Waals surface area contributed by atoms with Crippen LogP contribution in [0.25, 0.3) is 0 Å². The van der Waals surface area contributed by atoms with Crippen molar-refractivity contribution in [2.75, 3.05) is 7.11 Å². The predicted molar refractivity (Wildman–Crippen MR) is 68.4 cm³/mol. The molecule has 6 heteroatoms. The zero-order valence-electron chi connectivity index (χ0n) is 10.3. The SMILES string of the molecule is COc1ccc(C(O)c2cc(F)c(F)cc2Cl)cc1F. The van der Waals surface area contributed by atoms with Crippen LogP contribution in [0.2, 0.25) is 5.02 Å². The average molecular weight is 303 g/mol. The van der Waals surface area contributed by atoms with Gasteiger partial charge in [-0.3, -0.25) is 0 Å². The molecule has 20 heavy (non-hydrogen) atoms. The van der Waals surface area contributed by atoms with Gasteiger partial charge in [-0.15, -0.1) is 0 Å². The van der Waals surface area contributed by atoms with Gasteiger partial charge in [0.2, 0.25) is 0 Å². The third-order valence-corrected chi connectivity index (χ3v) is 3.15. The number of aliphatic hydroxyl groups is 1. The third-order valence-electron chi connectivity index (χ3n) is 2.83. The number of methoxy groups -OCH3 is 1. The highest BCUT2D eigenvalue weighted by atomic mass is 35.5. The van der Waals surface area contributed by atoms with Crippen LogP contribution in [-0.2, 0) is 0 Å². The van der Waals surface area contributed by atoms with E-state index in [4.69, 9.17) is 16.3 Å². The average Bonchev–Trinajstić information content (AvgIpc) is 2.42. The Hall–Kier alpha value is -1.72. The highest BCUT2D eigenvalue weighted by molar-refractivity contribution is 6.31. The van der Waals surface area contributed by atoms with E-state index in [1.165, 1.54) is 19.2 Å². The maximum atomic E-state index is 13.6. The molecule has 2 nitrogen and oxygen atoms in total. The van der Waals surface area contributed by atoms with Crippen molar-refractivity contribution in [3.63, 3.8) is 0 Å². The molecule has 106 valence electrons. The summed E-state index contributed by atoms with van der Waals surface area (Å²) < 4.78 is 44.5. The quantitative estimate of drug-likeness (QED) is 0.873. The third kappa shape index (κ3) is 2.73. The highest BCUT2D eigenvalue weighted by Gasteiger charge is 2.18. The zero-order chi connectivity index (χ0) is 14.9. The van der Waals surface area contributed by atoms with Crippen LogP contribution in [0.3, 0.4) is 0 Å². The number of hydrogen-bond acceptors (Lipinski definition) is 2. The van der Waals surface area contributed by atoms with E-state index in [0.29, 0.717) is 0 Å². The standard InChI is InChI=1S/C14H10ClF3O2/c1-20-13-3-2-7(4-12(13)18)14(19)8-5-10(16)11(17)6-9(8)15/h2-6,14,19H,1H3. The summed E-state index contributed by atoms with van der Waals surface area (Å²) >= 11 is 5.76. The van der Waals surface area contributed by atoms with Crippen LogP contribution < -0.4 is 4.74 Å². The Balaban J connectivity index is 2.43. The molecule has 1 atom stereocenters. The molecule has 0 heterocycles. The molecule has 2 aromatic carbocycles. The minimum Gasteiger partial charge on any atom is -0.494 e. The van der Waals surface area contributed by atoms with Gasteiger partial charge in [0.05, 0.1) is 7.11 Å². The molecule has 0 saturated carbocycles. The minimum atomic E-state index is -1.38. The van der Waals surface area contributed by atoms with Crippen molar-refractivity contribution in [1.29, 1.82) is 0 Å². The molecule has 0 aliphatic rings. The second-order valence-electron chi connectivity index (χ2n) is 4.08. The fourth-order valence-corrected chi connectivity index (χ4v) is 2.03. The van der Waals surface area contributed by atoms with Gasteiger partial charge in [0.25, 0.3) is 0 Å². The van der Waals surface area contributed by atoms with Gasteiger partial charge < -0.3 is 9.84 Å². The predicted octanol–water partition coefficient (Wildman–Crippen LogP) is 3.85. The van der Waals surface area contributed by atoms with E-state index in [-0.39, 0.29) is 21.9 Å². The van der Waals surface area contributed by atoms with Crippen molar-refractivity contribution in [3.05, 3.63) is 63.9 Å². The van der Waals surface area contributed by atoms with Crippen molar-refractivity contribution < 1.29 is 23.0 Å². The summed E-state index contributed by atoms with van der Waals surface area (Å²) in [6, 6.07) is 5.31. The Morgan fingerprint density at radius 1 is 1.05 bits per heavy atom. The summed E-state index contributed by atoms with van der Waals surface area (Å²) in [5.41, 5.74) is 0.103. The lowest BCUT2D eigenvalue weighted by atomic mass is 10.0. The van der Waals surface area contributed by atoms with Gasteiger partial charge >= 0.3 is 0 Å². The second-order valence-corrected chi connectivity index (χ2v) is 4.49. The number of benzene rings is 2. The van der Waals surface area contributed by atoms with E-state index in [1.54, 1.807) is 0 Å². The first-order chi connectivity index (χ1) is 9.43. The molecule has 0 aliphatic heterocycles.